The van der Waals surface area contributed by atoms with Crippen LogP contribution in [0.2, 0.25) is 0 Å². The molecule has 6 rings (SSSR count). The number of carbonyl (C=O) groups excluding carboxylic acids is 1. The fourth-order valence-electron chi connectivity index (χ4n) is 4.82. The van der Waals surface area contributed by atoms with Gasteiger partial charge in [-0.2, -0.15) is 0 Å². The van der Waals surface area contributed by atoms with Crippen LogP contribution in [0.1, 0.15) is 10.4 Å². The summed E-state index contributed by atoms with van der Waals surface area (Å²) in [6, 6.07) is 23.7. The topological polar surface area (TPSA) is 88.7 Å². The summed E-state index contributed by atoms with van der Waals surface area (Å²) in [6.07, 6.45) is 0. The molecule has 0 saturated carbocycles. The lowest BCUT2D eigenvalue weighted by molar-refractivity contribution is 0.100. The number of aromatic nitrogens is 3. The Bertz CT molecular complexity index is 1790. The Hall–Kier alpha value is -4.72. The second-order valence-corrected chi connectivity index (χ2v) is 8.51. The molecule has 1 amide bonds. The number of primary amides is 1. The molecule has 4 aromatic carbocycles. The quantitative estimate of drug-likeness (QED) is 0.275. The number of hydrogen-bond donors (Lipinski definition) is 3. The van der Waals surface area contributed by atoms with Gasteiger partial charge in [-0.15, -0.1) is 0 Å². The minimum atomic E-state index is -0.589. The fraction of sp³-hybridized carbons (Fsp3) is 0.0714. The second-order valence-electron chi connectivity index (χ2n) is 8.51. The lowest BCUT2D eigenvalue weighted by Gasteiger charge is -2.14. The lowest BCUT2D eigenvalue weighted by Crippen LogP contribution is -2.15. The Morgan fingerprint density at radius 2 is 1.83 bits per heavy atom. The number of rotatable bonds is 6. The molecular formula is C28H21F2N5O. The molecule has 0 spiro atoms. The van der Waals surface area contributed by atoms with Gasteiger partial charge in [0.15, 0.2) is 0 Å². The van der Waals surface area contributed by atoms with E-state index >= 15 is 0 Å². The van der Waals surface area contributed by atoms with Gasteiger partial charge in [0.1, 0.15) is 18.3 Å². The number of nitrogens with one attached hydrogen (secondary N) is 2. The number of para-hydroxylation sites is 1. The summed E-state index contributed by atoms with van der Waals surface area (Å²) < 4.78 is 28.8. The summed E-state index contributed by atoms with van der Waals surface area (Å²) in [4.78, 5) is 19.9. The Kier molecular flexibility index (Phi) is 5.14. The van der Waals surface area contributed by atoms with Crippen LogP contribution in [0.25, 0.3) is 49.9 Å². The smallest absolute Gasteiger partial charge is 0.250 e. The Balaban J connectivity index is 1.62. The molecular weight excluding hydrogens is 460 g/mol. The number of benzene rings is 4. The van der Waals surface area contributed by atoms with Crippen molar-refractivity contribution < 1.29 is 13.6 Å². The molecule has 178 valence electrons. The summed E-state index contributed by atoms with van der Waals surface area (Å²) in [5.74, 6) is -0.281. The molecule has 6 aromatic rings. The highest BCUT2D eigenvalue weighted by Crippen LogP contribution is 2.38. The highest BCUT2D eigenvalue weighted by Gasteiger charge is 2.19. The van der Waals surface area contributed by atoms with Crippen LogP contribution in [0.5, 0.6) is 0 Å². The van der Waals surface area contributed by atoms with Crippen LogP contribution in [0.4, 0.5) is 14.5 Å². The Labute approximate surface area is 204 Å². The van der Waals surface area contributed by atoms with E-state index in [0.29, 0.717) is 28.1 Å². The van der Waals surface area contributed by atoms with Gasteiger partial charge < -0.3 is 20.6 Å². The van der Waals surface area contributed by atoms with Gasteiger partial charge in [0.05, 0.1) is 27.6 Å². The number of anilines is 1. The second kappa shape index (κ2) is 8.49. The zero-order chi connectivity index (χ0) is 24.8. The van der Waals surface area contributed by atoms with Gasteiger partial charge >= 0.3 is 0 Å². The first-order valence-electron chi connectivity index (χ1n) is 11.5. The third-order valence-corrected chi connectivity index (χ3v) is 6.33. The van der Waals surface area contributed by atoms with Crippen molar-refractivity contribution in [3.05, 3.63) is 90.2 Å². The number of carbonyl (C=O) groups is 1. The zero-order valence-corrected chi connectivity index (χ0v) is 19.1. The Morgan fingerprint density at radius 3 is 2.67 bits per heavy atom. The predicted octanol–water partition coefficient (Wildman–Crippen LogP) is 5.95. The number of nitrogens with two attached hydrogens (primary N) is 1. The van der Waals surface area contributed by atoms with Crippen molar-refractivity contribution in [2.45, 2.75) is 0 Å². The van der Waals surface area contributed by atoms with Gasteiger partial charge in [-0.05, 0) is 48.5 Å². The molecule has 0 radical (unpaired) electrons. The number of aromatic amines is 1. The molecule has 0 aliphatic rings. The Morgan fingerprint density at radius 1 is 1.00 bits per heavy atom. The monoisotopic (exact) mass is 481 g/mol. The van der Waals surface area contributed by atoms with Crippen LogP contribution in [0.15, 0.2) is 78.9 Å². The van der Waals surface area contributed by atoms with Crippen molar-refractivity contribution in [1.82, 2.24) is 14.5 Å². The van der Waals surface area contributed by atoms with Crippen LogP contribution < -0.4 is 11.1 Å². The standard InChI is InChI=1S/C28H21F2N5O/c29-12-13-32-22-15-17(9-10-18(22)27(31)36)35-24-6-2-1-4-19(24)26-20(5-3-7-25(26)35)28-33-21-11-8-16(30)14-23(21)34-28/h1-11,14-15,32H,12-13H2,(H2,31,36)(H,33,34). The molecule has 36 heavy (non-hydrogen) atoms. The molecule has 0 atom stereocenters. The van der Waals surface area contributed by atoms with Crippen LogP contribution in [0, 0.1) is 5.82 Å². The van der Waals surface area contributed by atoms with Crippen LogP contribution in [0.3, 0.4) is 0 Å². The van der Waals surface area contributed by atoms with E-state index in [1.807, 2.05) is 48.5 Å². The molecule has 0 unspecified atom stereocenters. The van der Waals surface area contributed by atoms with Gasteiger partial charge in [0.25, 0.3) is 5.91 Å². The molecule has 6 nitrogen and oxygen atoms in total. The van der Waals surface area contributed by atoms with E-state index in [4.69, 9.17) is 10.7 Å². The van der Waals surface area contributed by atoms with Gasteiger partial charge in [-0.3, -0.25) is 4.79 Å². The minimum absolute atomic E-state index is 0.0632. The summed E-state index contributed by atoms with van der Waals surface area (Å²) in [6.45, 7) is -0.518. The minimum Gasteiger partial charge on any atom is -0.382 e. The molecule has 0 bridgehead atoms. The lowest BCUT2D eigenvalue weighted by atomic mass is 10.1. The molecule has 2 aromatic heterocycles. The van der Waals surface area contributed by atoms with Crippen LogP contribution >= 0.6 is 0 Å². The highest BCUT2D eigenvalue weighted by atomic mass is 19.1. The molecule has 8 heteroatoms. The van der Waals surface area contributed by atoms with Crippen LogP contribution in [-0.2, 0) is 0 Å². The third-order valence-electron chi connectivity index (χ3n) is 6.33. The van der Waals surface area contributed by atoms with Gasteiger partial charge in [-0.1, -0.05) is 30.3 Å². The number of imidazole rings is 1. The maximum Gasteiger partial charge on any atom is 0.250 e. The van der Waals surface area contributed by atoms with Gasteiger partial charge in [0, 0.05) is 34.3 Å². The van der Waals surface area contributed by atoms with Crippen molar-refractivity contribution in [3.8, 4) is 17.1 Å². The molecule has 2 heterocycles. The predicted molar refractivity (Wildman–Crippen MR) is 139 cm³/mol. The van der Waals surface area contributed by atoms with E-state index in [1.54, 1.807) is 18.2 Å². The number of hydrogen-bond acceptors (Lipinski definition) is 3. The SMILES string of the molecule is NC(=O)c1ccc(-n2c3ccccc3c3c(-c4nc5ccc(F)cc5[nH]4)cccc32)cc1NCCF. The molecule has 0 fully saturated rings. The first-order valence-corrected chi connectivity index (χ1v) is 11.5. The van der Waals surface area contributed by atoms with E-state index in [2.05, 4.69) is 14.9 Å². The maximum absolute atomic E-state index is 13.8. The number of H-pyrrole nitrogens is 1. The summed E-state index contributed by atoms with van der Waals surface area (Å²) in [5.41, 5.74) is 11.2. The van der Waals surface area contributed by atoms with Crippen LogP contribution in [-0.4, -0.2) is 33.7 Å². The average Bonchev–Trinajstić information content (AvgIpc) is 3.46. The number of alkyl halides is 1. The number of fused-ring (bicyclic) bond motifs is 4. The van der Waals surface area contributed by atoms with E-state index in [9.17, 15) is 13.6 Å². The molecule has 0 aliphatic carbocycles. The zero-order valence-electron chi connectivity index (χ0n) is 19.1. The number of nitrogens with zero attached hydrogens (tertiary/aromatic N) is 2. The van der Waals surface area contributed by atoms with E-state index < -0.39 is 12.6 Å². The van der Waals surface area contributed by atoms with Crippen molar-refractivity contribution in [3.63, 3.8) is 0 Å². The van der Waals surface area contributed by atoms with Crippen molar-refractivity contribution in [2.24, 2.45) is 5.73 Å². The largest absolute Gasteiger partial charge is 0.382 e. The van der Waals surface area contributed by atoms with Gasteiger partial charge in [0.2, 0.25) is 0 Å². The normalized spacial score (nSPS) is 11.5. The number of halogens is 2. The first kappa shape index (κ1) is 21.8. The molecule has 0 saturated heterocycles. The molecule has 0 aliphatic heterocycles. The van der Waals surface area contributed by atoms with E-state index in [0.717, 1.165) is 33.1 Å². The van der Waals surface area contributed by atoms with Crippen molar-refractivity contribution in [2.75, 3.05) is 18.5 Å². The summed E-state index contributed by atoms with van der Waals surface area (Å²) in [7, 11) is 0. The fourth-order valence-corrected chi connectivity index (χ4v) is 4.82. The number of amides is 1. The maximum atomic E-state index is 13.8. The van der Waals surface area contributed by atoms with E-state index in [1.165, 1.54) is 12.1 Å². The first-order chi connectivity index (χ1) is 17.5. The van der Waals surface area contributed by atoms with E-state index in [-0.39, 0.29) is 12.4 Å². The highest BCUT2D eigenvalue weighted by molar-refractivity contribution is 6.15. The average molecular weight is 482 g/mol. The van der Waals surface area contributed by atoms with Gasteiger partial charge in [-0.25, -0.2) is 13.8 Å². The summed E-state index contributed by atoms with van der Waals surface area (Å²) >= 11 is 0. The third kappa shape index (κ3) is 3.46. The van der Waals surface area contributed by atoms with Crippen molar-refractivity contribution >= 4 is 44.4 Å². The van der Waals surface area contributed by atoms with Crippen molar-refractivity contribution in [1.29, 1.82) is 0 Å². The summed E-state index contributed by atoms with van der Waals surface area (Å²) in [5, 5.41) is 4.95. The molecule has 4 N–H and O–H groups in total.